The topological polar surface area (TPSA) is 21.1 Å². The molecule has 2 unspecified atom stereocenters. The van der Waals surface area contributed by atoms with E-state index >= 15 is 0 Å². The average molecular weight is 308 g/mol. The van der Waals surface area contributed by atoms with Gasteiger partial charge in [0.25, 0.3) is 0 Å². The van der Waals surface area contributed by atoms with Crippen molar-refractivity contribution in [3.8, 4) is 0 Å². The summed E-state index contributed by atoms with van der Waals surface area (Å²) in [5, 5.41) is 0. The molecule has 1 aromatic carbocycles. The van der Waals surface area contributed by atoms with Gasteiger partial charge in [-0.15, -0.1) is 11.6 Å². The van der Waals surface area contributed by atoms with Gasteiger partial charge < -0.3 is 4.57 Å². The fourth-order valence-electron chi connectivity index (χ4n) is 4.12. The molecule has 2 aromatic rings. The van der Waals surface area contributed by atoms with E-state index in [0.29, 0.717) is 29.9 Å². The third kappa shape index (κ3) is 2.08. The molecule has 0 aliphatic carbocycles. The van der Waals surface area contributed by atoms with Gasteiger partial charge in [0.15, 0.2) is 5.82 Å². The zero-order valence-electron chi connectivity index (χ0n) is 11.9. The van der Waals surface area contributed by atoms with E-state index in [9.17, 15) is 4.39 Å². The van der Waals surface area contributed by atoms with Gasteiger partial charge in [-0.05, 0) is 37.9 Å². The molecule has 0 amide bonds. The maximum atomic E-state index is 14.1. The summed E-state index contributed by atoms with van der Waals surface area (Å²) in [6, 6.07) is 6.25. The number of imidazole rings is 1. The Morgan fingerprint density at radius 1 is 1.24 bits per heavy atom. The number of halogens is 2. The minimum Gasteiger partial charge on any atom is -0.323 e. The van der Waals surface area contributed by atoms with E-state index in [1.165, 1.54) is 25.5 Å². The largest absolute Gasteiger partial charge is 0.323 e. The van der Waals surface area contributed by atoms with Crippen LogP contribution in [0.25, 0.3) is 11.0 Å². The van der Waals surface area contributed by atoms with Gasteiger partial charge >= 0.3 is 0 Å². The van der Waals surface area contributed by atoms with E-state index < -0.39 is 0 Å². The zero-order valence-corrected chi connectivity index (χ0v) is 12.7. The highest BCUT2D eigenvalue weighted by molar-refractivity contribution is 6.17. The van der Waals surface area contributed by atoms with Gasteiger partial charge in [-0.2, -0.15) is 0 Å². The lowest BCUT2D eigenvalue weighted by molar-refractivity contribution is 0.290. The Morgan fingerprint density at radius 2 is 2.14 bits per heavy atom. The normalized spacial score (nSPS) is 25.8. The fourth-order valence-corrected chi connectivity index (χ4v) is 4.29. The van der Waals surface area contributed by atoms with Gasteiger partial charge in [0, 0.05) is 24.9 Å². The van der Waals surface area contributed by atoms with Gasteiger partial charge in [0.1, 0.15) is 11.3 Å². The first-order chi connectivity index (χ1) is 10.3. The Kier molecular flexibility index (Phi) is 3.38. The van der Waals surface area contributed by atoms with E-state index in [-0.39, 0.29) is 5.82 Å². The van der Waals surface area contributed by atoms with Crippen molar-refractivity contribution in [1.29, 1.82) is 0 Å². The van der Waals surface area contributed by atoms with E-state index in [0.717, 1.165) is 24.3 Å². The summed E-state index contributed by atoms with van der Waals surface area (Å²) in [6.45, 7) is 2.34. The van der Waals surface area contributed by atoms with Crippen molar-refractivity contribution in [3.05, 3.63) is 29.8 Å². The summed E-state index contributed by atoms with van der Waals surface area (Å²) in [5.41, 5.74) is 1.42. The van der Waals surface area contributed by atoms with Crippen LogP contribution < -0.4 is 0 Å². The van der Waals surface area contributed by atoms with Crippen molar-refractivity contribution >= 4 is 22.6 Å². The molecule has 21 heavy (non-hydrogen) atoms. The molecule has 3 heterocycles. The van der Waals surface area contributed by atoms with Crippen LogP contribution in [0.1, 0.15) is 31.1 Å². The lowest BCUT2D eigenvalue weighted by atomic mass is 10.1. The Bertz CT molecular complexity index is 669. The fraction of sp³-hybridized carbons (Fsp3) is 0.562. The van der Waals surface area contributed by atoms with Crippen LogP contribution >= 0.6 is 11.6 Å². The molecule has 0 bridgehead atoms. The van der Waals surface area contributed by atoms with Crippen LogP contribution in [-0.2, 0) is 6.42 Å². The summed E-state index contributed by atoms with van der Waals surface area (Å²) in [7, 11) is 0. The molecule has 5 heteroatoms. The molecule has 2 aliphatic rings. The smallest absolute Gasteiger partial charge is 0.151 e. The number of hydrogen-bond donors (Lipinski definition) is 0. The Balaban J connectivity index is 1.86. The molecule has 3 nitrogen and oxygen atoms in total. The standard InChI is InChI=1S/C16H19ClFN3/c17-8-6-15-19-16-11(18)3-1-4-14(16)21(15)13-7-10-20-9-2-5-12(13)20/h1,3-4,12-13H,2,5-10H2. The molecule has 0 radical (unpaired) electrons. The Labute approximate surface area is 128 Å². The predicted molar refractivity (Wildman–Crippen MR) is 82.4 cm³/mol. The number of benzene rings is 1. The molecular formula is C16H19ClFN3. The number of alkyl halides is 1. The summed E-state index contributed by atoms with van der Waals surface area (Å²) in [6.07, 6.45) is 4.33. The second-order valence-electron chi connectivity index (χ2n) is 6.05. The number of nitrogens with zero attached hydrogens (tertiary/aromatic N) is 3. The van der Waals surface area contributed by atoms with E-state index in [4.69, 9.17) is 11.6 Å². The van der Waals surface area contributed by atoms with Crippen molar-refractivity contribution in [2.45, 2.75) is 37.8 Å². The van der Waals surface area contributed by atoms with Crippen LogP contribution in [0, 0.1) is 5.82 Å². The monoisotopic (exact) mass is 307 g/mol. The van der Waals surface area contributed by atoms with Crippen molar-refractivity contribution in [2.24, 2.45) is 0 Å². The first-order valence-electron chi connectivity index (χ1n) is 7.75. The molecule has 0 N–H and O–H groups in total. The van der Waals surface area contributed by atoms with E-state index in [1.807, 2.05) is 6.07 Å². The van der Waals surface area contributed by atoms with Gasteiger partial charge in [-0.1, -0.05) is 6.07 Å². The summed E-state index contributed by atoms with van der Waals surface area (Å²) in [4.78, 5) is 7.12. The van der Waals surface area contributed by atoms with Crippen molar-refractivity contribution in [1.82, 2.24) is 14.5 Å². The van der Waals surface area contributed by atoms with Crippen LogP contribution in [0.2, 0.25) is 0 Å². The molecule has 0 spiro atoms. The van der Waals surface area contributed by atoms with Gasteiger partial charge in [0.2, 0.25) is 0 Å². The number of para-hydroxylation sites is 1. The highest BCUT2D eigenvalue weighted by Crippen LogP contribution is 2.38. The van der Waals surface area contributed by atoms with Crippen molar-refractivity contribution in [2.75, 3.05) is 19.0 Å². The molecule has 0 saturated carbocycles. The van der Waals surface area contributed by atoms with Crippen LogP contribution in [0.5, 0.6) is 0 Å². The average Bonchev–Trinajstić information content (AvgIpc) is 3.13. The summed E-state index contributed by atoms with van der Waals surface area (Å²) < 4.78 is 16.3. The maximum absolute atomic E-state index is 14.1. The maximum Gasteiger partial charge on any atom is 0.151 e. The number of aromatic nitrogens is 2. The minimum absolute atomic E-state index is 0.233. The molecule has 112 valence electrons. The van der Waals surface area contributed by atoms with Crippen LogP contribution in [0.4, 0.5) is 4.39 Å². The number of hydrogen-bond acceptors (Lipinski definition) is 2. The SMILES string of the molecule is Fc1cccc2c1nc(CCCl)n2C1CCN2CCCC12. The highest BCUT2D eigenvalue weighted by atomic mass is 35.5. The molecule has 4 rings (SSSR count). The van der Waals surface area contributed by atoms with Crippen molar-refractivity contribution in [3.63, 3.8) is 0 Å². The molecule has 2 atom stereocenters. The quantitative estimate of drug-likeness (QED) is 0.811. The number of rotatable bonds is 3. The third-order valence-electron chi connectivity index (χ3n) is 4.96. The minimum atomic E-state index is -0.233. The molecular weight excluding hydrogens is 289 g/mol. The van der Waals surface area contributed by atoms with Gasteiger partial charge in [-0.25, -0.2) is 9.37 Å². The zero-order chi connectivity index (χ0) is 14.4. The van der Waals surface area contributed by atoms with Crippen LogP contribution in [0.15, 0.2) is 18.2 Å². The summed E-state index contributed by atoms with van der Waals surface area (Å²) >= 11 is 5.94. The van der Waals surface area contributed by atoms with Gasteiger partial charge in [-0.3, -0.25) is 4.90 Å². The third-order valence-corrected chi connectivity index (χ3v) is 5.15. The Morgan fingerprint density at radius 3 is 3.00 bits per heavy atom. The second kappa shape index (κ2) is 5.25. The highest BCUT2D eigenvalue weighted by Gasteiger charge is 2.39. The second-order valence-corrected chi connectivity index (χ2v) is 6.42. The molecule has 2 aliphatic heterocycles. The lowest BCUT2D eigenvalue weighted by Crippen LogP contribution is -2.28. The van der Waals surface area contributed by atoms with Crippen molar-refractivity contribution < 1.29 is 4.39 Å². The predicted octanol–water partition coefficient (Wildman–Crippen LogP) is 3.37. The van der Waals surface area contributed by atoms with E-state index in [1.54, 1.807) is 6.07 Å². The van der Waals surface area contributed by atoms with E-state index in [2.05, 4.69) is 14.5 Å². The first-order valence-corrected chi connectivity index (χ1v) is 8.28. The first kappa shape index (κ1) is 13.5. The van der Waals surface area contributed by atoms with Crippen LogP contribution in [0.3, 0.4) is 0 Å². The summed E-state index contributed by atoms with van der Waals surface area (Å²) in [5.74, 6) is 1.22. The van der Waals surface area contributed by atoms with Crippen LogP contribution in [-0.4, -0.2) is 39.5 Å². The molecule has 2 fully saturated rings. The number of aryl methyl sites for hydroxylation is 1. The number of fused-ring (bicyclic) bond motifs is 2. The molecule has 1 aromatic heterocycles. The molecule has 2 saturated heterocycles. The van der Waals surface area contributed by atoms with Gasteiger partial charge in [0.05, 0.1) is 11.6 Å². The lowest BCUT2D eigenvalue weighted by Gasteiger charge is -2.23. The Hall–Kier alpha value is -1.13.